The highest BCUT2D eigenvalue weighted by molar-refractivity contribution is 6.30. The fraction of sp³-hybridized carbons (Fsp3) is 0.278. The molecule has 0 saturated carbocycles. The van der Waals surface area contributed by atoms with Gasteiger partial charge in [0.1, 0.15) is 0 Å². The number of Topliss-reactive ketones (excluding diaryl/α,β-unsaturated/α-hetero) is 1. The van der Waals surface area contributed by atoms with Crippen LogP contribution < -0.4 is 10.9 Å². The molecule has 0 aliphatic heterocycles. The first-order valence-corrected chi connectivity index (χ1v) is 8.17. The predicted molar refractivity (Wildman–Crippen MR) is 93.4 cm³/mol. The van der Waals surface area contributed by atoms with Crippen LogP contribution in [0, 0.1) is 0 Å². The van der Waals surface area contributed by atoms with Crippen LogP contribution in [0.1, 0.15) is 36.2 Å². The first-order valence-electron chi connectivity index (χ1n) is 7.79. The summed E-state index contributed by atoms with van der Waals surface area (Å²) in [6.07, 6.45) is 3.17. The normalized spacial score (nSPS) is 11.8. The van der Waals surface area contributed by atoms with Gasteiger partial charge in [-0.05, 0) is 36.8 Å². The predicted octanol–water partition coefficient (Wildman–Crippen LogP) is 2.84. The molecule has 0 aliphatic rings. The minimum atomic E-state index is -1.24. The number of unbranched alkanes of at least 4 members (excludes halogenated alkanes) is 1. The maximum atomic E-state index is 12.8. The number of hydrogen-bond acceptors (Lipinski definition) is 3. The van der Waals surface area contributed by atoms with E-state index >= 15 is 0 Å². The first-order chi connectivity index (χ1) is 11.5. The smallest absolute Gasteiger partial charge is 0.251 e. The monoisotopic (exact) mass is 346 g/mol. The van der Waals surface area contributed by atoms with Gasteiger partial charge in [0.15, 0.2) is 11.8 Å². The maximum absolute atomic E-state index is 12.8. The molecular formula is C18H19ClN2O3. The second-order valence-corrected chi connectivity index (χ2v) is 5.80. The number of pyridine rings is 1. The Balaban J connectivity index is 2.37. The van der Waals surface area contributed by atoms with E-state index in [1.807, 2.05) is 6.92 Å². The lowest BCUT2D eigenvalue weighted by Gasteiger charge is -2.18. The average Bonchev–Trinajstić information content (AvgIpc) is 2.57. The van der Waals surface area contributed by atoms with Crippen LogP contribution in [0.5, 0.6) is 0 Å². The molecule has 1 aromatic heterocycles. The Hall–Kier alpha value is -2.40. The van der Waals surface area contributed by atoms with Crippen molar-refractivity contribution in [3.63, 3.8) is 0 Å². The number of rotatable bonds is 7. The van der Waals surface area contributed by atoms with Crippen LogP contribution in [0.25, 0.3) is 0 Å². The largest absolute Gasteiger partial charge is 0.354 e. The molecule has 2 aromatic rings. The Bertz CT molecular complexity index is 768. The lowest BCUT2D eigenvalue weighted by molar-refractivity contribution is -0.123. The van der Waals surface area contributed by atoms with E-state index in [1.54, 1.807) is 36.4 Å². The van der Waals surface area contributed by atoms with Gasteiger partial charge in [-0.3, -0.25) is 19.0 Å². The van der Waals surface area contributed by atoms with E-state index in [9.17, 15) is 14.4 Å². The molecular weight excluding hydrogens is 328 g/mol. The summed E-state index contributed by atoms with van der Waals surface area (Å²) in [7, 11) is 0. The summed E-state index contributed by atoms with van der Waals surface area (Å²) in [5.41, 5.74) is -0.0822. The van der Waals surface area contributed by atoms with Crippen molar-refractivity contribution in [3.05, 3.63) is 69.6 Å². The van der Waals surface area contributed by atoms with Gasteiger partial charge >= 0.3 is 0 Å². The summed E-state index contributed by atoms with van der Waals surface area (Å²) in [4.78, 5) is 37.4. The molecule has 1 amide bonds. The molecule has 1 heterocycles. The molecule has 1 atom stereocenters. The molecule has 1 aromatic carbocycles. The molecule has 5 nitrogen and oxygen atoms in total. The molecule has 6 heteroatoms. The summed E-state index contributed by atoms with van der Waals surface area (Å²) in [5, 5.41) is 3.22. The van der Waals surface area contributed by atoms with Crippen molar-refractivity contribution in [2.45, 2.75) is 25.8 Å². The molecule has 1 N–H and O–H groups in total. The SMILES string of the molecule is CCCCNC(=O)C(C(=O)c1ccc(Cl)cc1)n1ccccc1=O. The zero-order valence-corrected chi connectivity index (χ0v) is 14.1. The van der Waals surface area contributed by atoms with Crippen molar-refractivity contribution in [2.24, 2.45) is 0 Å². The highest BCUT2D eigenvalue weighted by atomic mass is 35.5. The molecule has 1 unspecified atom stereocenters. The summed E-state index contributed by atoms with van der Waals surface area (Å²) in [6.45, 7) is 2.46. The molecule has 24 heavy (non-hydrogen) atoms. The van der Waals surface area contributed by atoms with Crippen LogP contribution in [0.2, 0.25) is 5.02 Å². The van der Waals surface area contributed by atoms with Crippen molar-refractivity contribution in [2.75, 3.05) is 6.54 Å². The number of carbonyl (C=O) groups is 2. The summed E-state index contributed by atoms with van der Waals surface area (Å²) in [5.74, 6) is -0.939. The molecule has 2 rings (SSSR count). The minimum Gasteiger partial charge on any atom is -0.354 e. The summed E-state index contributed by atoms with van der Waals surface area (Å²) >= 11 is 5.84. The van der Waals surface area contributed by atoms with E-state index in [0.717, 1.165) is 17.4 Å². The number of carbonyl (C=O) groups excluding carboxylic acids is 2. The van der Waals surface area contributed by atoms with Gasteiger partial charge in [0.05, 0.1) is 0 Å². The van der Waals surface area contributed by atoms with Gasteiger partial charge in [0, 0.05) is 29.4 Å². The third kappa shape index (κ3) is 4.32. The molecule has 0 saturated heterocycles. The topological polar surface area (TPSA) is 68.2 Å². The molecule has 0 fully saturated rings. The van der Waals surface area contributed by atoms with Gasteiger partial charge in [0.25, 0.3) is 11.5 Å². The van der Waals surface area contributed by atoms with Crippen LogP contribution in [-0.4, -0.2) is 22.8 Å². The van der Waals surface area contributed by atoms with E-state index in [0.29, 0.717) is 17.1 Å². The van der Waals surface area contributed by atoms with E-state index in [1.165, 1.54) is 12.3 Å². The summed E-state index contributed by atoms with van der Waals surface area (Å²) in [6, 6.07) is 9.51. The lowest BCUT2D eigenvalue weighted by atomic mass is 10.0. The second-order valence-electron chi connectivity index (χ2n) is 5.36. The molecule has 0 radical (unpaired) electrons. The number of amides is 1. The van der Waals surface area contributed by atoms with Crippen LogP contribution in [0.4, 0.5) is 0 Å². The molecule has 0 spiro atoms. The van der Waals surface area contributed by atoms with E-state index < -0.39 is 23.3 Å². The molecule has 0 aliphatic carbocycles. The van der Waals surface area contributed by atoms with Crippen molar-refractivity contribution in [1.82, 2.24) is 9.88 Å². The Labute approximate surface area is 145 Å². The zero-order chi connectivity index (χ0) is 17.5. The standard InChI is InChI=1S/C18H19ClN2O3/c1-2-3-11-20-18(24)16(21-12-5-4-6-15(21)22)17(23)13-7-9-14(19)10-8-13/h4-10,12,16H,2-3,11H2,1H3,(H,20,24). The first kappa shape index (κ1) is 17.9. The van der Waals surface area contributed by atoms with Crippen LogP contribution in [0.3, 0.4) is 0 Å². The number of ketones is 1. The van der Waals surface area contributed by atoms with Crippen LogP contribution in [-0.2, 0) is 4.79 Å². The quantitative estimate of drug-likeness (QED) is 0.476. The van der Waals surface area contributed by atoms with E-state index in [2.05, 4.69) is 5.32 Å². The number of halogens is 1. The third-order valence-corrected chi connectivity index (χ3v) is 3.84. The number of nitrogens with one attached hydrogen (secondary N) is 1. The van der Waals surface area contributed by atoms with Crippen molar-refractivity contribution in [1.29, 1.82) is 0 Å². The minimum absolute atomic E-state index is 0.325. The number of benzene rings is 1. The second kappa shape index (κ2) is 8.45. The van der Waals surface area contributed by atoms with E-state index in [4.69, 9.17) is 11.6 Å². The average molecular weight is 347 g/mol. The van der Waals surface area contributed by atoms with Gasteiger partial charge < -0.3 is 5.32 Å². The Kier molecular flexibility index (Phi) is 6.32. The number of nitrogens with zero attached hydrogens (tertiary/aromatic N) is 1. The maximum Gasteiger partial charge on any atom is 0.251 e. The summed E-state index contributed by atoms with van der Waals surface area (Å²) < 4.78 is 1.15. The van der Waals surface area contributed by atoms with Crippen LogP contribution >= 0.6 is 11.6 Å². The van der Waals surface area contributed by atoms with Crippen LogP contribution in [0.15, 0.2) is 53.5 Å². The number of hydrogen-bond donors (Lipinski definition) is 1. The van der Waals surface area contributed by atoms with Gasteiger partial charge in [-0.15, -0.1) is 0 Å². The van der Waals surface area contributed by atoms with Crippen molar-refractivity contribution >= 4 is 23.3 Å². The highest BCUT2D eigenvalue weighted by Gasteiger charge is 2.29. The Morgan fingerprint density at radius 2 is 1.88 bits per heavy atom. The van der Waals surface area contributed by atoms with Gasteiger partial charge in [-0.2, -0.15) is 0 Å². The van der Waals surface area contributed by atoms with Gasteiger partial charge in [-0.1, -0.05) is 31.0 Å². The molecule has 0 bridgehead atoms. The number of aromatic nitrogens is 1. The molecule has 126 valence electrons. The Morgan fingerprint density at radius 1 is 1.17 bits per heavy atom. The zero-order valence-electron chi connectivity index (χ0n) is 13.4. The van der Waals surface area contributed by atoms with Gasteiger partial charge in [0.2, 0.25) is 0 Å². The fourth-order valence-electron chi connectivity index (χ4n) is 2.28. The van der Waals surface area contributed by atoms with Gasteiger partial charge in [-0.25, -0.2) is 0 Å². The van der Waals surface area contributed by atoms with Crippen molar-refractivity contribution in [3.8, 4) is 0 Å². The third-order valence-electron chi connectivity index (χ3n) is 3.58. The lowest BCUT2D eigenvalue weighted by Crippen LogP contribution is -2.41. The highest BCUT2D eigenvalue weighted by Crippen LogP contribution is 2.16. The van der Waals surface area contributed by atoms with Crippen molar-refractivity contribution < 1.29 is 9.59 Å². The fourth-order valence-corrected chi connectivity index (χ4v) is 2.41. The van der Waals surface area contributed by atoms with E-state index in [-0.39, 0.29) is 0 Å². The Morgan fingerprint density at radius 3 is 2.50 bits per heavy atom.